The highest BCUT2D eigenvalue weighted by Crippen LogP contribution is 2.16. The summed E-state index contributed by atoms with van der Waals surface area (Å²) in [6.07, 6.45) is 5.34. The van der Waals surface area contributed by atoms with Gasteiger partial charge in [0.25, 0.3) is 0 Å². The second kappa shape index (κ2) is 4.98. The third-order valence-corrected chi connectivity index (χ3v) is 4.83. The van der Waals surface area contributed by atoms with E-state index in [-0.39, 0.29) is 28.8 Å². The van der Waals surface area contributed by atoms with Gasteiger partial charge in [-0.05, 0) is 18.0 Å². The molecule has 0 aromatic carbocycles. The number of sulfone groups is 1. The van der Waals surface area contributed by atoms with Crippen LogP contribution in [0.3, 0.4) is 0 Å². The van der Waals surface area contributed by atoms with E-state index in [1.165, 1.54) is 6.33 Å². The van der Waals surface area contributed by atoms with Crippen LogP contribution in [0.1, 0.15) is 6.42 Å². The molecule has 1 unspecified atom stereocenters. The zero-order chi connectivity index (χ0) is 14.2. The van der Waals surface area contributed by atoms with Gasteiger partial charge in [0.15, 0.2) is 9.84 Å². The van der Waals surface area contributed by atoms with Crippen LogP contribution in [-0.4, -0.2) is 50.5 Å². The van der Waals surface area contributed by atoms with E-state index in [2.05, 4.69) is 25.3 Å². The SMILES string of the molecule is O=S1(=O)CCC(Nc2nc(Cl)nc(-n3ccnc3)n2)C1. The first kappa shape index (κ1) is 13.3. The van der Waals surface area contributed by atoms with Gasteiger partial charge in [-0.2, -0.15) is 15.0 Å². The molecule has 10 heteroatoms. The van der Waals surface area contributed by atoms with Gasteiger partial charge in [0, 0.05) is 18.4 Å². The Morgan fingerprint density at radius 2 is 2.20 bits per heavy atom. The summed E-state index contributed by atoms with van der Waals surface area (Å²) in [5.41, 5.74) is 0. The molecule has 1 aliphatic rings. The smallest absolute Gasteiger partial charge is 0.241 e. The van der Waals surface area contributed by atoms with Crippen molar-refractivity contribution in [2.24, 2.45) is 0 Å². The predicted molar refractivity (Wildman–Crippen MR) is 72.6 cm³/mol. The van der Waals surface area contributed by atoms with Crippen LogP contribution >= 0.6 is 11.6 Å². The first-order valence-electron chi connectivity index (χ1n) is 5.89. The largest absolute Gasteiger partial charge is 0.350 e. The van der Waals surface area contributed by atoms with Crippen LogP contribution in [0.15, 0.2) is 18.7 Å². The molecule has 20 heavy (non-hydrogen) atoms. The maximum Gasteiger partial charge on any atom is 0.241 e. The average Bonchev–Trinajstić information content (AvgIpc) is 2.98. The van der Waals surface area contributed by atoms with Gasteiger partial charge in [-0.25, -0.2) is 13.4 Å². The summed E-state index contributed by atoms with van der Waals surface area (Å²) in [7, 11) is -2.96. The molecular formula is C10H11ClN6O2S. The van der Waals surface area contributed by atoms with Gasteiger partial charge < -0.3 is 5.32 Å². The van der Waals surface area contributed by atoms with Gasteiger partial charge in [-0.3, -0.25) is 4.57 Å². The van der Waals surface area contributed by atoms with Crippen molar-refractivity contribution >= 4 is 27.4 Å². The van der Waals surface area contributed by atoms with E-state index < -0.39 is 9.84 Å². The molecule has 3 heterocycles. The van der Waals surface area contributed by atoms with Crippen molar-refractivity contribution in [2.45, 2.75) is 12.5 Å². The second-order valence-corrected chi connectivity index (χ2v) is 7.01. The lowest BCUT2D eigenvalue weighted by Crippen LogP contribution is -2.22. The summed E-state index contributed by atoms with van der Waals surface area (Å²) in [4.78, 5) is 16.0. The van der Waals surface area contributed by atoms with Crippen molar-refractivity contribution in [3.8, 4) is 5.95 Å². The quantitative estimate of drug-likeness (QED) is 0.869. The first-order valence-corrected chi connectivity index (χ1v) is 8.09. The molecule has 3 rings (SSSR count). The van der Waals surface area contributed by atoms with Crippen LogP contribution in [0.2, 0.25) is 5.28 Å². The van der Waals surface area contributed by atoms with Crippen molar-refractivity contribution in [1.82, 2.24) is 24.5 Å². The maximum absolute atomic E-state index is 11.4. The number of hydrogen-bond acceptors (Lipinski definition) is 7. The minimum absolute atomic E-state index is 0.0343. The minimum Gasteiger partial charge on any atom is -0.350 e. The van der Waals surface area contributed by atoms with Crippen molar-refractivity contribution in [3.63, 3.8) is 0 Å². The normalized spacial score (nSPS) is 20.9. The fraction of sp³-hybridized carbons (Fsp3) is 0.400. The van der Waals surface area contributed by atoms with Gasteiger partial charge in [0.2, 0.25) is 17.2 Å². The lowest BCUT2D eigenvalue weighted by molar-refractivity contribution is 0.602. The summed E-state index contributed by atoms with van der Waals surface area (Å²) in [5, 5.41) is 3.01. The molecule has 0 radical (unpaired) electrons. The van der Waals surface area contributed by atoms with E-state index in [4.69, 9.17) is 11.6 Å². The van der Waals surface area contributed by atoms with Gasteiger partial charge in [-0.1, -0.05) is 0 Å². The Kier molecular flexibility index (Phi) is 3.30. The van der Waals surface area contributed by atoms with Gasteiger partial charge in [0.05, 0.1) is 11.5 Å². The molecular weight excluding hydrogens is 304 g/mol. The molecule has 0 spiro atoms. The predicted octanol–water partition coefficient (Wildman–Crippen LogP) is 0.310. The van der Waals surface area contributed by atoms with Crippen molar-refractivity contribution in [1.29, 1.82) is 0 Å². The zero-order valence-corrected chi connectivity index (χ0v) is 11.8. The summed E-state index contributed by atoms with van der Waals surface area (Å²) < 4.78 is 24.4. The standard InChI is InChI=1S/C10H11ClN6O2S/c11-8-14-9(13-7-1-4-20(18,19)5-7)16-10(15-8)17-3-2-12-6-17/h2-3,6-7H,1,4-5H2,(H,13,14,15,16). The van der Waals surface area contributed by atoms with Gasteiger partial charge in [0.1, 0.15) is 6.33 Å². The molecule has 0 aliphatic carbocycles. The fourth-order valence-electron chi connectivity index (χ4n) is 1.99. The Bertz CT molecular complexity index is 717. The number of aromatic nitrogens is 5. The van der Waals surface area contributed by atoms with Crippen LogP contribution in [-0.2, 0) is 9.84 Å². The Labute approximate surface area is 120 Å². The van der Waals surface area contributed by atoms with E-state index in [0.717, 1.165) is 0 Å². The highest BCUT2D eigenvalue weighted by molar-refractivity contribution is 7.91. The number of halogens is 1. The molecule has 2 aromatic heterocycles. The van der Waals surface area contributed by atoms with E-state index in [1.54, 1.807) is 17.0 Å². The molecule has 0 bridgehead atoms. The molecule has 1 N–H and O–H groups in total. The van der Waals surface area contributed by atoms with Crippen LogP contribution < -0.4 is 5.32 Å². The molecule has 1 fully saturated rings. The Balaban J connectivity index is 1.84. The van der Waals surface area contributed by atoms with Crippen LogP contribution in [0, 0.1) is 0 Å². The number of nitrogens with one attached hydrogen (secondary N) is 1. The van der Waals surface area contributed by atoms with E-state index >= 15 is 0 Å². The summed E-state index contributed by atoms with van der Waals surface area (Å²) in [6, 6.07) is -0.200. The van der Waals surface area contributed by atoms with E-state index in [0.29, 0.717) is 12.4 Å². The summed E-state index contributed by atoms with van der Waals surface area (Å²) in [5.74, 6) is 0.843. The number of rotatable bonds is 3. The molecule has 1 atom stereocenters. The number of hydrogen-bond donors (Lipinski definition) is 1. The van der Waals surface area contributed by atoms with Crippen LogP contribution in [0.5, 0.6) is 0 Å². The highest BCUT2D eigenvalue weighted by atomic mass is 35.5. The number of imidazole rings is 1. The van der Waals surface area contributed by atoms with E-state index in [1.807, 2.05) is 0 Å². The molecule has 0 amide bonds. The first-order chi connectivity index (χ1) is 9.52. The monoisotopic (exact) mass is 314 g/mol. The van der Waals surface area contributed by atoms with Crippen molar-refractivity contribution in [2.75, 3.05) is 16.8 Å². The molecule has 106 valence electrons. The molecule has 1 saturated heterocycles. The van der Waals surface area contributed by atoms with Gasteiger partial charge >= 0.3 is 0 Å². The third-order valence-electron chi connectivity index (χ3n) is 2.90. The van der Waals surface area contributed by atoms with Crippen molar-refractivity contribution < 1.29 is 8.42 Å². The lowest BCUT2D eigenvalue weighted by atomic mass is 10.3. The molecule has 2 aromatic rings. The molecule has 1 aliphatic heterocycles. The zero-order valence-electron chi connectivity index (χ0n) is 10.3. The minimum atomic E-state index is -2.96. The number of anilines is 1. The van der Waals surface area contributed by atoms with Crippen LogP contribution in [0.4, 0.5) is 5.95 Å². The van der Waals surface area contributed by atoms with Crippen LogP contribution in [0.25, 0.3) is 5.95 Å². The fourth-order valence-corrected chi connectivity index (χ4v) is 3.82. The van der Waals surface area contributed by atoms with Gasteiger partial charge in [-0.15, -0.1) is 0 Å². The Hall–Kier alpha value is -1.74. The molecule has 0 saturated carbocycles. The average molecular weight is 315 g/mol. The molecule has 8 nitrogen and oxygen atoms in total. The second-order valence-electron chi connectivity index (χ2n) is 4.44. The summed E-state index contributed by atoms with van der Waals surface area (Å²) >= 11 is 5.85. The third kappa shape index (κ3) is 2.88. The maximum atomic E-state index is 11.4. The number of nitrogens with zero attached hydrogens (tertiary/aromatic N) is 5. The Morgan fingerprint density at radius 1 is 1.35 bits per heavy atom. The highest BCUT2D eigenvalue weighted by Gasteiger charge is 2.28. The summed E-state index contributed by atoms with van der Waals surface area (Å²) in [6.45, 7) is 0. The topological polar surface area (TPSA) is 103 Å². The lowest BCUT2D eigenvalue weighted by Gasteiger charge is -2.11. The van der Waals surface area contributed by atoms with E-state index in [9.17, 15) is 8.42 Å². The Morgan fingerprint density at radius 3 is 2.85 bits per heavy atom. The van der Waals surface area contributed by atoms with Crippen molar-refractivity contribution in [3.05, 3.63) is 24.0 Å².